The van der Waals surface area contributed by atoms with E-state index in [1.54, 1.807) is 7.11 Å². The molecule has 124 valence electrons. The molecule has 2 aliphatic heterocycles. The van der Waals surface area contributed by atoms with Crippen LogP contribution in [0.1, 0.15) is 37.1 Å². The topological polar surface area (TPSA) is 48.5 Å². The molecule has 4 nitrogen and oxygen atoms in total. The summed E-state index contributed by atoms with van der Waals surface area (Å²) >= 11 is 0. The summed E-state index contributed by atoms with van der Waals surface area (Å²) in [7, 11) is 1.75. The number of ether oxygens (including phenoxy) is 1. The van der Waals surface area contributed by atoms with Crippen molar-refractivity contribution in [2.75, 3.05) is 26.8 Å². The molecule has 1 saturated heterocycles. The number of nitrogens with one attached hydrogen (secondary N) is 1. The van der Waals surface area contributed by atoms with Crippen LogP contribution in [0.3, 0.4) is 0 Å². The number of H-pyrrole nitrogens is 1. The number of hydrogen-bond acceptors (Lipinski definition) is 3. The van der Waals surface area contributed by atoms with Crippen LogP contribution in [0.2, 0.25) is 0 Å². The Hall–Kier alpha value is -1.52. The molecule has 1 fully saturated rings. The molecule has 2 aromatic rings. The van der Waals surface area contributed by atoms with Gasteiger partial charge in [-0.3, -0.25) is 4.90 Å². The van der Waals surface area contributed by atoms with Crippen LogP contribution in [0.25, 0.3) is 10.9 Å². The fourth-order valence-electron chi connectivity index (χ4n) is 4.71. The van der Waals surface area contributed by atoms with Crippen LogP contribution in [0.5, 0.6) is 5.75 Å². The summed E-state index contributed by atoms with van der Waals surface area (Å²) in [6.45, 7) is 4.77. The number of methoxy groups -OCH3 is 1. The number of aliphatic hydroxyl groups excluding tert-OH is 1. The SMILES string of the molecule is CC[C@@H]1CN2CCc3c([nH]c4cccc(OC)c34)[C@@H]2C[C@@H]1CO. The number of aromatic amines is 1. The van der Waals surface area contributed by atoms with Gasteiger partial charge in [0.1, 0.15) is 5.75 Å². The van der Waals surface area contributed by atoms with Gasteiger partial charge in [-0.05, 0) is 42.4 Å². The molecule has 4 rings (SSSR count). The van der Waals surface area contributed by atoms with Crippen LogP contribution >= 0.6 is 0 Å². The zero-order chi connectivity index (χ0) is 16.0. The average molecular weight is 314 g/mol. The fourth-order valence-corrected chi connectivity index (χ4v) is 4.71. The second kappa shape index (κ2) is 5.84. The molecule has 1 aromatic heterocycles. The number of nitrogens with zero attached hydrogens (tertiary/aromatic N) is 1. The standard InChI is InChI=1S/C19H26N2O2/c1-3-12-10-21-8-7-14-18-15(5-4-6-17(18)23-2)20-19(14)16(21)9-13(12)11-22/h4-6,12-13,16,20,22H,3,7-11H2,1-2H3/t12-,13-,16+/m1/s1. The Bertz CT molecular complexity index is 709. The van der Waals surface area contributed by atoms with Gasteiger partial charge in [0.25, 0.3) is 0 Å². The zero-order valence-electron chi connectivity index (χ0n) is 14.0. The highest BCUT2D eigenvalue weighted by molar-refractivity contribution is 5.91. The monoisotopic (exact) mass is 314 g/mol. The summed E-state index contributed by atoms with van der Waals surface area (Å²) in [6.07, 6.45) is 3.28. The largest absolute Gasteiger partial charge is 0.496 e. The van der Waals surface area contributed by atoms with Gasteiger partial charge in [-0.15, -0.1) is 0 Å². The first-order valence-electron chi connectivity index (χ1n) is 8.79. The fraction of sp³-hybridized carbons (Fsp3) is 0.579. The Morgan fingerprint density at radius 2 is 2.22 bits per heavy atom. The van der Waals surface area contributed by atoms with Gasteiger partial charge < -0.3 is 14.8 Å². The number of benzene rings is 1. The molecule has 0 aliphatic carbocycles. The number of hydrogen-bond donors (Lipinski definition) is 2. The van der Waals surface area contributed by atoms with Gasteiger partial charge in [-0.1, -0.05) is 19.4 Å². The first-order valence-corrected chi connectivity index (χ1v) is 8.79. The number of aliphatic hydroxyl groups is 1. The second-order valence-corrected chi connectivity index (χ2v) is 7.01. The zero-order valence-corrected chi connectivity index (χ0v) is 14.0. The van der Waals surface area contributed by atoms with Crippen molar-refractivity contribution in [3.05, 3.63) is 29.5 Å². The molecule has 2 N–H and O–H groups in total. The van der Waals surface area contributed by atoms with Gasteiger partial charge in [0.15, 0.2) is 0 Å². The Morgan fingerprint density at radius 3 is 2.96 bits per heavy atom. The van der Waals surface area contributed by atoms with E-state index >= 15 is 0 Å². The van der Waals surface area contributed by atoms with Gasteiger partial charge >= 0.3 is 0 Å². The lowest BCUT2D eigenvalue weighted by molar-refractivity contribution is 0.0242. The van der Waals surface area contributed by atoms with Crippen LogP contribution in [0, 0.1) is 11.8 Å². The third-order valence-electron chi connectivity index (χ3n) is 5.99. The summed E-state index contributed by atoms with van der Waals surface area (Å²) in [6, 6.07) is 6.65. The molecule has 0 amide bonds. The van der Waals surface area contributed by atoms with Crippen molar-refractivity contribution in [3.63, 3.8) is 0 Å². The molecule has 23 heavy (non-hydrogen) atoms. The number of aromatic nitrogens is 1. The van der Waals surface area contributed by atoms with Crippen molar-refractivity contribution in [1.29, 1.82) is 0 Å². The predicted octanol–water partition coefficient (Wildman–Crippen LogP) is 3.11. The molecule has 4 heteroatoms. The number of piperidine rings is 1. The molecule has 2 aliphatic rings. The van der Waals surface area contributed by atoms with Gasteiger partial charge in [0.05, 0.1) is 13.2 Å². The van der Waals surface area contributed by atoms with Crippen LogP contribution in [-0.2, 0) is 6.42 Å². The van der Waals surface area contributed by atoms with E-state index in [4.69, 9.17) is 4.74 Å². The van der Waals surface area contributed by atoms with Crippen molar-refractivity contribution in [1.82, 2.24) is 9.88 Å². The predicted molar refractivity (Wildman–Crippen MR) is 91.8 cm³/mol. The number of fused-ring (bicyclic) bond motifs is 5. The van der Waals surface area contributed by atoms with Crippen LogP contribution in [0.15, 0.2) is 18.2 Å². The highest BCUT2D eigenvalue weighted by Crippen LogP contribution is 2.44. The van der Waals surface area contributed by atoms with E-state index in [0.29, 0.717) is 24.5 Å². The molecule has 0 unspecified atom stereocenters. The highest BCUT2D eigenvalue weighted by Gasteiger charge is 2.39. The summed E-state index contributed by atoms with van der Waals surface area (Å²) in [5.41, 5.74) is 3.95. The molecule has 0 spiro atoms. The maximum Gasteiger partial charge on any atom is 0.128 e. The van der Waals surface area contributed by atoms with Crippen LogP contribution in [-0.4, -0.2) is 41.8 Å². The molecule has 0 bridgehead atoms. The highest BCUT2D eigenvalue weighted by atomic mass is 16.5. The minimum Gasteiger partial charge on any atom is -0.496 e. The molecule has 3 atom stereocenters. The molecular weight excluding hydrogens is 288 g/mol. The van der Waals surface area contributed by atoms with Crippen molar-refractivity contribution >= 4 is 10.9 Å². The van der Waals surface area contributed by atoms with Crippen LogP contribution < -0.4 is 4.74 Å². The summed E-state index contributed by atoms with van der Waals surface area (Å²) in [4.78, 5) is 6.28. The third kappa shape index (κ3) is 2.27. The minimum absolute atomic E-state index is 0.307. The summed E-state index contributed by atoms with van der Waals surface area (Å²) in [5, 5.41) is 11.1. The van der Waals surface area contributed by atoms with Gasteiger partial charge in [0, 0.05) is 36.3 Å². The number of rotatable bonds is 3. The van der Waals surface area contributed by atoms with E-state index in [1.807, 2.05) is 12.1 Å². The Kier molecular flexibility index (Phi) is 3.82. The lowest BCUT2D eigenvalue weighted by Gasteiger charge is -2.45. The Labute approximate surface area is 137 Å². The Morgan fingerprint density at radius 1 is 1.35 bits per heavy atom. The lowest BCUT2D eigenvalue weighted by atomic mass is 9.78. The third-order valence-corrected chi connectivity index (χ3v) is 5.99. The van der Waals surface area contributed by atoms with E-state index < -0.39 is 0 Å². The maximum absolute atomic E-state index is 9.80. The molecule has 3 heterocycles. The normalized spacial score (nSPS) is 27.7. The Balaban J connectivity index is 1.78. The van der Waals surface area contributed by atoms with Crippen LogP contribution in [0.4, 0.5) is 0 Å². The lowest BCUT2D eigenvalue weighted by Crippen LogP contribution is -2.46. The van der Waals surface area contributed by atoms with E-state index in [2.05, 4.69) is 22.9 Å². The van der Waals surface area contributed by atoms with Crippen molar-refractivity contribution in [3.8, 4) is 5.75 Å². The molecule has 0 saturated carbocycles. The van der Waals surface area contributed by atoms with E-state index in [9.17, 15) is 5.11 Å². The first kappa shape index (κ1) is 15.0. The van der Waals surface area contributed by atoms with Gasteiger partial charge in [0.2, 0.25) is 0 Å². The molecule has 1 aromatic carbocycles. The molecular formula is C19H26N2O2. The van der Waals surface area contributed by atoms with Crippen molar-refractivity contribution in [2.45, 2.75) is 32.2 Å². The van der Waals surface area contributed by atoms with E-state index in [0.717, 1.165) is 38.1 Å². The average Bonchev–Trinajstić information content (AvgIpc) is 2.99. The smallest absolute Gasteiger partial charge is 0.128 e. The minimum atomic E-state index is 0.307. The van der Waals surface area contributed by atoms with Gasteiger partial charge in [-0.2, -0.15) is 0 Å². The van der Waals surface area contributed by atoms with Gasteiger partial charge in [-0.25, -0.2) is 0 Å². The maximum atomic E-state index is 9.80. The first-order chi connectivity index (χ1) is 11.3. The van der Waals surface area contributed by atoms with E-state index in [-0.39, 0.29) is 0 Å². The van der Waals surface area contributed by atoms with E-state index in [1.165, 1.54) is 22.2 Å². The van der Waals surface area contributed by atoms with Crippen molar-refractivity contribution in [2.24, 2.45) is 11.8 Å². The molecule has 0 radical (unpaired) electrons. The summed E-state index contributed by atoms with van der Waals surface area (Å²) < 4.78 is 5.59. The van der Waals surface area contributed by atoms with Crippen molar-refractivity contribution < 1.29 is 9.84 Å². The second-order valence-electron chi connectivity index (χ2n) is 7.01. The quantitative estimate of drug-likeness (QED) is 0.915. The summed E-state index contributed by atoms with van der Waals surface area (Å²) in [5.74, 6) is 2.01.